The Hall–Kier alpha value is -1.81. The van der Waals surface area contributed by atoms with E-state index in [4.69, 9.17) is 0 Å². The highest BCUT2D eigenvalue weighted by Gasteiger charge is 2.47. The van der Waals surface area contributed by atoms with Gasteiger partial charge >= 0.3 is 0 Å². The summed E-state index contributed by atoms with van der Waals surface area (Å²) in [5.74, 6) is 1.54. The molecule has 4 atom stereocenters. The smallest absolute Gasteiger partial charge is 0.253 e. The van der Waals surface area contributed by atoms with E-state index in [0.29, 0.717) is 23.9 Å². The van der Waals surface area contributed by atoms with Crippen molar-refractivity contribution in [3.63, 3.8) is 0 Å². The lowest BCUT2D eigenvalue weighted by Gasteiger charge is -2.57. The van der Waals surface area contributed by atoms with Crippen LogP contribution in [0.4, 0.5) is 0 Å². The van der Waals surface area contributed by atoms with Crippen molar-refractivity contribution >= 4 is 16.8 Å². The summed E-state index contributed by atoms with van der Waals surface area (Å²) >= 11 is 0. The lowest BCUT2D eigenvalue weighted by molar-refractivity contribution is -0.0670. The second-order valence-electron chi connectivity index (χ2n) is 8.90. The summed E-state index contributed by atoms with van der Waals surface area (Å²) in [5, 5.41) is 1.13. The van der Waals surface area contributed by atoms with Crippen molar-refractivity contribution in [1.82, 2.24) is 14.8 Å². The number of hydrogen-bond acceptors (Lipinski definition) is 2. The van der Waals surface area contributed by atoms with Crippen LogP contribution in [0.15, 0.2) is 30.5 Å². The first kappa shape index (κ1) is 17.3. The summed E-state index contributed by atoms with van der Waals surface area (Å²) in [6, 6.07) is 9.51. The zero-order chi connectivity index (χ0) is 18.4. The number of piperidine rings is 3. The monoisotopic (exact) mass is 365 g/mol. The molecule has 0 radical (unpaired) electrons. The minimum absolute atomic E-state index is 0.229. The number of aromatic nitrogens is 1. The minimum Gasteiger partial charge on any atom is -0.361 e. The number of nitrogens with one attached hydrogen (secondary N) is 1. The number of hydrogen-bond donors (Lipinski definition) is 1. The van der Waals surface area contributed by atoms with Gasteiger partial charge in [-0.05, 0) is 68.3 Å². The molecule has 2 aromatic rings. The maximum absolute atomic E-state index is 13.3. The predicted octanol–water partition coefficient (Wildman–Crippen LogP) is 4.28. The zero-order valence-corrected chi connectivity index (χ0v) is 16.4. The van der Waals surface area contributed by atoms with E-state index in [2.05, 4.69) is 27.8 Å². The van der Waals surface area contributed by atoms with Gasteiger partial charge in [0.15, 0.2) is 0 Å². The van der Waals surface area contributed by atoms with Gasteiger partial charge in [0.05, 0.1) is 0 Å². The number of carbonyl (C=O) groups excluding carboxylic acids is 1. The first-order valence-corrected chi connectivity index (χ1v) is 10.9. The van der Waals surface area contributed by atoms with Crippen molar-refractivity contribution in [1.29, 1.82) is 0 Å². The van der Waals surface area contributed by atoms with Crippen LogP contribution >= 0.6 is 0 Å². The number of likely N-dealkylation sites (tertiary alicyclic amines) is 1. The predicted molar refractivity (Wildman–Crippen MR) is 109 cm³/mol. The van der Waals surface area contributed by atoms with Crippen molar-refractivity contribution in [2.75, 3.05) is 19.6 Å². The van der Waals surface area contributed by atoms with E-state index in [1.165, 1.54) is 45.1 Å². The third-order valence-corrected chi connectivity index (χ3v) is 7.29. The standard InChI is InChI=1S/C23H31N3O/c1-2-5-21-18-13-19(22-6-3-4-11-26(21)22)15-25(14-18)23(27)17-7-8-20-16(12-17)9-10-24-20/h7-10,12,18-19,21-22,24H,2-6,11,13-15H2,1H3/t18-,19+,21-,22-/m0/s1. The van der Waals surface area contributed by atoms with Gasteiger partial charge in [-0.25, -0.2) is 0 Å². The highest BCUT2D eigenvalue weighted by atomic mass is 16.2. The van der Waals surface area contributed by atoms with Gasteiger partial charge in [0, 0.05) is 47.8 Å². The lowest BCUT2D eigenvalue weighted by atomic mass is 9.71. The molecule has 0 saturated carbocycles. The Kier molecular flexibility index (Phi) is 4.47. The van der Waals surface area contributed by atoms with Crippen LogP contribution in [-0.4, -0.2) is 52.4 Å². The zero-order valence-electron chi connectivity index (χ0n) is 16.4. The third kappa shape index (κ3) is 2.98. The van der Waals surface area contributed by atoms with Gasteiger partial charge in [-0.1, -0.05) is 19.8 Å². The molecule has 1 N–H and O–H groups in total. The number of amides is 1. The molecule has 4 heterocycles. The number of H-pyrrole nitrogens is 1. The molecule has 0 spiro atoms. The molecule has 144 valence electrons. The molecule has 1 aromatic carbocycles. The van der Waals surface area contributed by atoms with E-state index in [9.17, 15) is 4.79 Å². The van der Waals surface area contributed by atoms with E-state index in [-0.39, 0.29) is 5.91 Å². The first-order valence-electron chi connectivity index (χ1n) is 10.9. The van der Waals surface area contributed by atoms with Crippen LogP contribution in [0.1, 0.15) is 55.8 Å². The van der Waals surface area contributed by atoms with Crippen molar-refractivity contribution in [3.05, 3.63) is 36.0 Å². The molecule has 1 amide bonds. The Morgan fingerprint density at radius 3 is 2.96 bits per heavy atom. The summed E-state index contributed by atoms with van der Waals surface area (Å²) in [4.78, 5) is 21.6. The van der Waals surface area contributed by atoms with Crippen LogP contribution in [0.5, 0.6) is 0 Å². The molecule has 4 nitrogen and oxygen atoms in total. The van der Waals surface area contributed by atoms with Crippen LogP contribution in [0.25, 0.3) is 10.9 Å². The Balaban J connectivity index is 1.40. The Morgan fingerprint density at radius 2 is 2.07 bits per heavy atom. The number of aromatic amines is 1. The molecule has 3 aliphatic heterocycles. The maximum Gasteiger partial charge on any atom is 0.253 e. The molecule has 4 heteroatoms. The fraction of sp³-hybridized carbons (Fsp3) is 0.609. The van der Waals surface area contributed by atoms with Crippen molar-refractivity contribution in [3.8, 4) is 0 Å². The molecule has 3 saturated heterocycles. The van der Waals surface area contributed by atoms with E-state index in [1.54, 1.807) is 0 Å². The fourth-order valence-corrected chi connectivity index (χ4v) is 6.14. The molecule has 1 aromatic heterocycles. The van der Waals surface area contributed by atoms with Gasteiger partial charge in [0.2, 0.25) is 0 Å². The van der Waals surface area contributed by atoms with Crippen molar-refractivity contribution in [2.45, 2.75) is 57.5 Å². The summed E-state index contributed by atoms with van der Waals surface area (Å²) in [7, 11) is 0. The van der Waals surface area contributed by atoms with Crippen molar-refractivity contribution < 1.29 is 4.79 Å². The SMILES string of the molecule is CCC[C@H]1[C@H]2C[C@H](CN(C(=O)c3ccc4[nH]ccc4c3)C2)[C@@H]2CCCCN21. The van der Waals surface area contributed by atoms with E-state index in [0.717, 1.165) is 29.6 Å². The van der Waals surface area contributed by atoms with Gasteiger partial charge in [0.1, 0.15) is 0 Å². The third-order valence-electron chi connectivity index (χ3n) is 7.29. The van der Waals surface area contributed by atoms with E-state index < -0.39 is 0 Å². The number of fused-ring (bicyclic) bond motifs is 5. The van der Waals surface area contributed by atoms with Crippen LogP contribution in [0, 0.1) is 11.8 Å². The summed E-state index contributed by atoms with van der Waals surface area (Å²) in [6.07, 6.45) is 9.84. The van der Waals surface area contributed by atoms with Gasteiger partial charge in [-0.3, -0.25) is 9.69 Å². The molecule has 2 bridgehead atoms. The molecule has 27 heavy (non-hydrogen) atoms. The minimum atomic E-state index is 0.229. The molecule has 0 unspecified atom stereocenters. The average molecular weight is 366 g/mol. The van der Waals surface area contributed by atoms with Crippen molar-refractivity contribution in [2.24, 2.45) is 11.8 Å². The van der Waals surface area contributed by atoms with Crippen LogP contribution in [-0.2, 0) is 0 Å². The van der Waals surface area contributed by atoms with Crippen LogP contribution < -0.4 is 0 Å². The van der Waals surface area contributed by atoms with Gasteiger partial charge in [0.25, 0.3) is 5.91 Å². The largest absolute Gasteiger partial charge is 0.361 e. The summed E-state index contributed by atoms with van der Waals surface area (Å²) < 4.78 is 0. The van der Waals surface area contributed by atoms with Crippen LogP contribution in [0.2, 0.25) is 0 Å². The molecular weight excluding hydrogens is 334 g/mol. The van der Waals surface area contributed by atoms with E-state index >= 15 is 0 Å². The first-order chi connectivity index (χ1) is 13.2. The Bertz CT molecular complexity index is 828. The van der Waals surface area contributed by atoms with Gasteiger partial charge in [-0.15, -0.1) is 0 Å². The maximum atomic E-state index is 13.3. The molecule has 3 fully saturated rings. The van der Waals surface area contributed by atoms with Gasteiger partial charge < -0.3 is 9.88 Å². The quantitative estimate of drug-likeness (QED) is 0.882. The number of benzene rings is 1. The molecule has 3 aliphatic rings. The van der Waals surface area contributed by atoms with E-state index in [1.807, 2.05) is 24.4 Å². The van der Waals surface area contributed by atoms with Gasteiger partial charge in [-0.2, -0.15) is 0 Å². The topological polar surface area (TPSA) is 39.3 Å². The number of carbonyl (C=O) groups is 1. The molecule has 5 rings (SSSR count). The molecule has 0 aliphatic carbocycles. The number of rotatable bonds is 3. The molecular formula is C23H31N3O. The Morgan fingerprint density at radius 1 is 1.19 bits per heavy atom. The lowest BCUT2D eigenvalue weighted by Crippen LogP contribution is -2.64. The van der Waals surface area contributed by atoms with Crippen LogP contribution in [0.3, 0.4) is 0 Å². The normalized spacial score (nSPS) is 31.1. The fourth-order valence-electron chi connectivity index (χ4n) is 6.14. The number of nitrogens with zero attached hydrogens (tertiary/aromatic N) is 2. The average Bonchev–Trinajstić information content (AvgIpc) is 3.18. The summed E-state index contributed by atoms with van der Waals surface area (Å²) in [6.45, 7) is 5.47. The Labute approximate surface area is 161 Å². The second-order valence-corrected chi connectivity index (χ2v) is 8.90. The summed E-state index contributed by atoms with van der Waals surface area (Å²) in [5.41, 5.74) is 1.94. The highest BCUT2D eigenvalue weighted by molar-refractivity contribution is 5.98. The second kappa shape index (κ2) is 6.97. The highest BCUT2D eigenvalue weighted by Crippen LogP contribution is 2.42.